The molecule has 4 nitrogen and oxygen atoms in total. The van der Waals surface area contributed by atoms with Gasteiger partial charge in [0.05, 0.1) is 5.69 Å². The first-order valence-corrected chi connectivity index (χ1v) is 7.09. The highest BCUT2D eigenvalue weighted by Crippen LogP contribution is 2.14. The summed E-state index contributed by atoms with van der Waals surface area (Å²) >= 11 is 1.97. The molecule has 0 atom stereocenters. The summed E-state index contributed by atoms with van der Waals surface area (Å²) in [6.07, 6.45) is 4.82. The van der Waals surface area contributed by atoms with E-state index in [1.807, 2.05) is 29.4 Å². The Bertz CT molecular complexity index is 480. The van der Waals surface area contributed by atoms with E-state index < -0.39 is 0 Å². The van der Waals surface area contributed by atoms with E-state index in [2.05, 4.69) is 28.4 Å². The monoisotopic (exact) mass is 250 g/mol. The van der Waals surface area contributed by atoms with Crippen molar-refractivity contribution in [2.24, 2.45) is 0 Å². The van der Waals surface area contributed by atoms with Crippen molar-refractivity contribution in [1.29, 1.82) is 0 Å². The Balaban J connectivity index is 1.98. The van der Waals surface area contributed by atoms with Gasteiger partial charge in [0, 0.05) is 18.9 Å². The molecule has 0 saturated carbocycles. The van der Waals surface area contributed by atoms with Crippen LogP contribution in [-0.4, -0.2) is 32.6 Å². The van der Waals surface area contributed by atoms with Gasteiger partial charge in [0.1, 0.15) is 5.52 Å². The van der Waals surface area contributed by atoms with Crippen LogP contribution in [0.4, 0.5) is 5.82 Å². The summed E-state index contributed by atoms with van der Waals surface area (Å²) < 4.78 is 1.87. The van der Waals surface area contributed by atoms with Gasteiger partial charge in [-0.2, -0.15) is 16.9 Å². The van der Waals surface area contributed by atoms with Crippen molar-refractivity contribution in [3.05, 3.63) is 24.2 Å². The van der Waals surface area contributed by atoms with E-state index >= 15 is 0 Å². The van der Waals surface area contributed by atoms with Gasteiger partial charge in [-0.3, -0.25) is 0 Å². The zero-order chi connectivity index (χ0) is 12.1. The molecule has 0 fully saturated rings. The number of rotatable bonds is 6. The van der Waals surface area contributed by atoms with Crippen LogP contribution in [0.15, 0.2) is 18.5 Å². The van der Waals surface area contributed by atoms with E-state index in [0.29, 0.717) is 0 Å². The largest absolute Gasteiger partial charge is 0.368 e. The molecule has 0 bridgehead atoms. The predicted octanol–water partition coefficient (Wildman–Crippen LogP) is 2.59. The normalized spacial score (nSPS) is 10.9. The summed E-state index contributed by atoms with van der Waals surface area (Å²) in [6, 6.07) is 2.05. The van der Waals surface area contributed by atoms with E-state index in [4.69, 9.17) is 0 Å². The third kappa shape index (κ3) is 3.12. The van der Waals surface area contributed by atoms with Gasteiger partial charge in [0.25, 0.3) is 0 Å². The van der Waals surface area contributed by atoms with E-state index in [1.165, 1.54) is 11.5 Å². The lowest BCUT2D eigenvalue weighted by molar-refractivity contribution is 0.915. The second kappa shape index (κ2) is 5.91. The van der Waals surface area contributed by atoms with Crippen molar-refractivity contribution in [3.63, 3.8) is 0 Å². The summed E-state index contributed by atoms with van der Waals surface area (Å²) in [5.74, 6) is 3.31. The second-order valence-electron chi connectivity index (χ2n) is 3.87. The molecule has 0 radical (unpaired) electrons. The van der Waals surface area contributed by atoms with Gasteiger partial charge in [0.15, 0.2) is 5.82 Å². The highest BCUT2D eigenvalue weighted by molar-refractivity contribution is 7.99. The van der Waals surface area contributed by atoms with Gasteiger partial charge in [-0.1, -0.05) is 6.92 Å². The molecule has 0 saturated heterocycles. The quantitative estimate of drug-likeness (QED) is 0.800. The van der Waals surface area contributed by atoms with Crippen LogP contribution in [0.25, 0.3) is 5.52 Å². The molecule has 17 heavy (non-hydrogen) atoms. The Morgan fingerprint density at radius 2 is 2.35 bits per heavy atom. The molecule has 0 aliphatic carbocycles. The Labute approximate surface area is 106 Å². The third-order valence-electron chi connectivity index (χ3n) is 2.47. The summed E-state index contributed by atoms with van der Waals surface area (Å²) in [4.78, 5) is 4.36. The van der Waals surface area contributed by atoms with Gasteiger partial charge >= 0.3 is 0 Å². The molecule has 0 spiro atoms. The fourth-order valence-corrected chi connectivity index (χ4v) is 2.34. The zero-order valence-corrected chi connectivity index (χ0v) is 11.1. The highest BCUT2D eigenvalue weighted by atomic mass is 32.2. The summed E-state index contributed by atoms with van der Waals surface area (Å²) in [7, 11) is 0. The number of anilines is 1. The molecule has 0 aliphatic rings. The van der Waals surface area contributed by atoms with E-state index in [0.717, 1.165) is 30.0 Å². The summed E-state index contributed by atoms with van der Waals surface area (Å²) in [5, 5.41) is 7.74. The van der Waals surface area contributed by atoms with Crippen LogP contribution >= 0.6 is 11.8 Å². The molecule has 5 heteroatoms. The van der Waals surface area contributed by atoms with E-state index in [1.54, 1.807) is 6.20 Å². The van der Waals surface area contributed by atoms with Crippen molar-refractivity contribution in [2.75, 3.05) is 23.4 Å². The Hall–Kier alpha value is -1.23. The Morgan fingerprint density at radius 1 is 1.47 bits per heavy atom. The number of nitrogens with zero attached hydrogens (tertiary/aromatic N) is 3. The standard InChI is InChI=1S/C12H18N4S/c1-3-17-8-4-5-13-12-11-9-10(2)15-16(11)7-6-14-12/h6-7,9H,3-5,8H2,1-2H3,(H,13,14). The molecule has 2 aromatic rings. The average Bonchev–Trinajstić information content (AvgIpc) is 2.70. The molecule has 0 amide bonds. The molecule has 2 rings (SSSR count). The van der Waals surface area contributed by atoms with Crippen molar-refractivity contribution >= 4 is 23.1 Å². The van der Waals surface area contributed by atoms with Crippen LogP contribution in [0.1, 0.15) is 19.0 Å². The lowest BCUT2D eigenvalue weighted by Crippen LogP contribution is -2.06. The Morgan fingerprint density at radius 3 is 3.18 bits per heavy atom. The maximum atomic E-state index is 4.36. The van der Waals surface area contributed by atoms with Gasteiger partial charge in [0.2, 0.25) is 0 Å². The van der Waals surface area contributed by atoms with E-state index in [9.17, 15) is 0 Å². The molecule has 92 valence electrons. The number of nitrogens with one attached hydrogen (secondary N) is 1. The van der Waals surface area contributed by atoms with Crippen LogP contribution in [0, 0.1) is 6.92 Å². The zero-order valence-electron chi connectivity index (χ0n) is 10.3. The lowest BCUT2D eigenvalue weighted by atomic mass is 10.4. The summed E-state index contributed by atoms with van der Waals surface area (Å²) in [5.41, 5.74) is 2.07. The topological polar surface area (TPSA) is 42.2 Å². The molecular formula is C12H18N4S. The molecule has 0 aromatic carbocycles. The number of aromatic nitrogens is 3. The van der Waals surface area contributed by atoms with E-state index in [-0.39, 0.29) is 0 Å². The van der Waals surface area contributed by atoms with Crippen molar-refractivity contribution in [3.8, 4) is 0 Å². The van der Waals surface area contributed by atoms with Gasteiger partial charge in [-0.15, -0.1) is 0 Å². The molecule has 0 aliphatic heterocycles. The Kier molecular flexibility index (Phi) is 4.25. The second-order valence-corrected chi connectivity index (χ2v) is 5.26. The summed E-state index contributed by atoms with van der Waals surface area (Å²) in [6.45, 7) is 5.15. The first-order chi connectivity index (χ1) is 8.31. The van der Waals surface area contributed by atoms with Gasteiger partial charge in [-0.05, 0) is 30.9 Å². The first kappa shape index (κ1) is 12.2. The first-order valence-electron chi connectivity index (χ1n) is 5.94. The smallest absolute Gasteiger partial charge is 0.152 e. The molecular weight excluding hydrogens is 232 g/mol. The minimum absolute atomic E-state index is 0.926. The van der Waals surface area contributed by atoms with Crippen LogP contribution in [-0.2, 0) is 0 Å². The number of fused-ring (bicyclic) bond motifs is 1. The molecule has 2 aromatic heterocycles. The van der Waals surface area contributed by atoms with Crippen molar-refractivity contribution < 1.29 is 0 Å². The van der Waals surface area contributed by atoms with Crippen molar-refractivity contribution in [2.45, 2.75) is 20.3 Å². The van der Waals surface area contributed by atoms with Crippen LogP contribution in [0.2, 0.25) is 0 Å². The number of thioether (sulfide) groups is 1. The van der Waals surface area contributed by atoms with Crippen LogP contribution < -0.4 is 5.32 Å². The predicted molar refractivity (Wildman–Crippen MR) is 73.8 cm³/mol. The highest BCUT2D eigenvalue weighted by Gasteiger charge is 2.03. The maximum absolute atomic E-state index is 4.36. The minimum Gasteiger partial charge on any atom is -0.368 e. The number of hydrogen-bond acceptors (Lipinski definition) is 4. The number of hydrogen-bond donors (Lipinski definition) is 1. The van der Waals surface area contributed by atoms with Gasteiger partial charge < -0.3 is 5.32 Å². The van der Waals surface area contributed by atoms with Crippen LogP contribution in [0.3, 0.4) is 0 Å². The van der Waals surface area contributed by atoms with Crippen molar-refractivity contribution in [1.82, 2.24) is 14.6 Å². The van der Waals surface area contributed by atoms with Gasteiger partial charge in [-0.25, -0.2) is 9.50 Å². The molecule has 0 unspecified atom stereocenters. The molecule has 1 N–H and O–H groups in total. The SMILES string of the molecule is CCSCCCNc1nccn2nc(C)cc12. The minimum atomic E-state index is 0.926. The average molecular weight is 250 g/mol. The lowest BCUT2D eigenvalue weighted by Gasteiger charge is -2.06. The third-order valence-corrected chi connectivity index (χ3v) is 3.46. The van der Waals surface area contributed by atoms with Crippen LogP contribution in [0.5, 0.6) is 0 Å². The maximum Gasteiger partial charge on any atom is 0.152 e. The fourth-order valence-electron chi connectivity index (χ4n) is 1.71. The number of aryl methyl sites for hydroxylation is 1. The fraction of sp³-hybridized carbons (Fsp3) is 0.500. The molecule has 2 heterocycles.